The first-order valence-corrected chi connectivity index (χ1v) is 8.69. The molecule has 132 valence electrons. The summed E-state index contributed by atoms with van der Waals surface area (Å²) in [5.41, 5.74) is 0. The van der Waals surface area contributed by atoms with Crippen molar-refractivity contribution in [1.82, 2.24) is 9.80 Å². The Kier molecular flexibility index (Phi) is 6.03. The van der Waals surface area contributed by atoms with E-state index in [4.69, 9.17) is 5.11 Å². The zero-order valence-electron chi connectivity index (χ0n) is 14.4. The van der Waals surface area contributed by atoms with E-state index in [-0.39, 0.29) is 11.8 Å². The van der Waals surface area contributed by atoms with Gasteiger partial charge in [0.15, 0.2) is 0 Å². The van der Waals surface area contributed by atoms with Gasteiger partial charge in [0.1, 0.15) is 12.7 Å². The molecule has 6 heteroatoms. The summed E-state index contributed by atoms with van der Waals surface area (Å²) in [6.07, 6.45) is 0.355. The van der Waals surface area contributed by atoms with Gasteiger partial charge in [-0.1, -0.05) is 20.8 Å². The molecule has 2 aliphatic heterocycles. The topological polar surface area (TPSA) is 81.1 Å². The van der Waals surface area contributed by atoms with Crippen molar-refractivity contribution < 1.29 is 19.8 Å². The van der Waals surface area contributed by atoms with Crippen molar-refractivity contribution in [2.24, 2.45) is 23.7 Å². The molecule has 0 aliphatic carbocycles. The fraction of sp³-hybridized carbons (Fsp3) is 0.882. The molecule has 0 radical (unpaired) electrons. The van der Waals surface area contributed by atoms with Crippen LogP contribution in [0.2, 0.25) is 0 Å². The number of carbonyl (C=O) groups is 2. The minimum atomic E-state index is -0.902. The SMILES string of the molecule is CC(C)C1CN(C(=O)C(O)CCC(C)C2CN(C(=O)CO)C2)C1. The van der Waals surface area contributed by atoms with Gasteiger partial charge in [-0.2, -0.15) is 0 Å². The first-order chi connectivity index (χ1) is 10.8. The van der Waals surface area contributed by atoms with Gasteiger partial charge in [0.2, 0.25) is 5.91 Å². The van der Waals surface area contributed by atoms with Crippen molar-refractivity contribution in [3.05, 3.63) is 0 Å². The second-order valence-corrected chi connectivity index (χ2v) is 7.53. The summed E-state index contributed by atoms with van der Waals surface area (Å²) in [7, 11) is 0. The summed E-state index contributed by atoms with van der Waals surface area (Å²) in [5, 5.41) is 18.9. The van der Waals surface area contributed by atoms with Crippen molar-refractivity contribution in [3.8, 4) is 0 Å². The van der Waals surface area contributed by atoms with Crippen molar-refractivity contribution in [2.75, 3.05) is 32.8 Å². The highest BCUT2D eigenvalue weighted by Crippen LogP contribution is 2.28. The largest absolute Gasteiger partial charge is 0.387 e. The van der Waals surface area contributed by atoms with Gasteiger partial charge in [0.05, 0.1) is 0 Å². The molecule has 0 saturated carbocycles. The van der Waals surface area contributed by atoms with E-state index >= 15 is 0 Å². The third-order valence-corrected chi connectivity index (χ3v) is 5.55. The minimum Gasteiger partial charge on any atom is -0.387 e. The second-order valence-electron chi connectivity index (χ2n) is 7.53. The Balaban J connectivity index is 1.64. The van der Waals surface area contributed by atoms with Crippen LogP contribution in [0.1, 0.15) is 33.6 Å². The second kappa shape index (κ2) is 7.62. The van der Waals surface area contributed by atoms with Gasteiger partial charge in [-0.3, -0.25) is 9.59 Å². The Morgan fingerprint density at radius 2 is 1.57 bits per heavy atom. The Labute approximate surface area is 138 Å². The summed E-state index contributed by atoms with van der Waals surface area (Å²) < 4.78 is 0. The van der Waals surface area contributed by atoms with Crippen LogP contribution in [0.4, 0.5) is 0 Å². The lowest BCUT2D eigenvalue weighted by molar-refractivity contribution is -0.148. The summed E-state index contributed by atoms with van der Waals surface area (Å²) in [4.78, 5) is 26.8. The predicted octanol–water partition coefficient (Wildman–Crippen LogP) is 0.329. The molecule has 0 aromatic carbocycles. The Bertz CT molecular complexity index is 428. The summed E-state index contributed by atoms with van der Waals surface area (Å²) in [6, 6.07) is 0. The van der Waals surface area contributed by atoms with Crippen LogP contribution in [0, 0.1) is 23.7 Å². The smallest absolute Gasteiger partial charge is 0.251 e. The number of likely N-dealkylation sites (tertiary alicyclic amines) is 2. The summed E-state index contributed by atoms with van der Waals surface area (Å²) >= 11 is 0. The van der Waals surface area contributed by atoms with Crippen LogP contribution < -0.4 is 0 Å². The first kappa shape index (κ1) is 18.2. The molecule has 2 heterocycles. The molecule has 0 bridgehead atoms. The van der Waals surface area contributed by atoms with Gasteiger partial charge in [0.25, 0.3) is 5.91 Å². The number of carbonyl (C=O) groups excluding carboxylic acids is 2. The number of hydrogen-bond acceptors (Lipinski definition) is 4. The fourth-order valence-electron chi connectivity index (χ4n) is 3.28. The average Bonchev–Trinajstić information content (AvgIpc) is 2.40. The van der Waals surface area contributed by atoms with E-state index in [1.54, 1.807) is 9.80 Å². The van der Waals surface area contributed by atoms with Crippen molar-refractivity contribution in [3.63, 3.8) is 0 Å². The quantitative estimate of drug-likeness (QED) is 0.706. The molecule has 2 rings (SSSR count). The molecule has 2 atom stereocenters. The number of aliphatic hydroxyl groups is 2. The molecule has 23 heavy (non-hydrogen) atoms. The van der Waals surface area contributed by atoms with E-state index in [0.29, 0.717) is 43.2 Å². The Morgan fingerprint density at radius 3 is 2.09 bits per heavy atom. The molecule has 0 spiro atoms. The summed E-state index contributed by atoms with van der Waals surface area (Å²) in [5.74, 6) is 1.55. The fourth-order valence-corrected chi connectivity index (χ4v) is 3.28. The third kappa shape index (κ3) is 4.23. The Hall–Kier alpha value is -1.14. The molecule has 2 unspecified atom stereocenters. The van der Waals surface area contributed by atoms with Gasteiger partial charge in [-0.25, -0.2) is 0 Å². The molecule has 2 saturated heterocycles. The van der Waals surface area contributed by atoms with Crippen LogP contribution >= 0.6 is 0 Å². The number of nitrogens with zero attached hydrogens (tertiary/aromatic N) is 2. The van der Waals surface area contributed by atoms with Gasteiger partial charge in [0, 0.05) is 26.2 Å². The normalized spacial score (nSPS) is 21.8. The van der Waals surface area contributed by atoms with Crippen LogP contribution in [0.25, 0.3) is 0 Å². The van der Waals surface area contributed by atoms with Gasteiger partial charge in [-0.05, 0) is 36.5 Å². The van der Waals surface area contributed by atoms with E-state index in [0.717, 1.165) is 19.5 Å². The highest BCUT2D eigenvalue weighted by molar-refractivity contribution is 5.81. The van der Waals surface area contributed by atoms with Crippen LogP contribution in [0.15, 0.2) is 0 Å². The molecular formula is C17H30N2O4. The van der Waals surface area contributed by atoms with Crippen LogP contribution in [-0.2, 0) is 9.59 Å². The van der Waals surface area contributed by atoms with Crippen LogP contribution in [0.5, 0.6) is 0 Å². The van der Waals surface area contributed by atoms with Crippen molar-refractivity contribution in [2.45, 2.75) is 39.7 Å². The average molecular weight is 326 g/mol. The van der Waals surface area contributed by atoms with E-state index < -0.39 is 12.7 Å². The van der Waals surface area contributed by atoms with E-state index in [1.807, 2.05) is 0 Å². The molecule has 2 aliphatic rings. The standard InChI is InChI=1S/C17H30N2O4/c1-11(2)13-6-19(7-13)17(23)15(21)5-4-12(3)14-8-18(9-14)16(22)10-20/h11-15,20-21H,4-10H2,1-3H3. The highest BCUT2D eigenvalue weighted by atomic mass is 16.3. The lowest BCUT2D eigenvalue weighted by Gasteiger charge is -2.43. The van der Waals surface area contributed by atoms with Gasteiger partial charge in [-0.15, -0.1) is 0 Å². The monoisotopic (exact) mass is 326 g/mol. The molecule has 2 N–H and O–H groups in total. The zero-order chi connectivity index (χ0) is 17.1. The maximum Gasteiger partial charge on any atom is 0.251 e. The van der Waals surface area contributed by atoms with Crippen molar-refractivity contribution in [1.29, 1.82) is 0 Å². The van der Waals surface area contributed by atoms with E-state index in [9.17, 15) is 14.7 Å². The molecular weight excluding hydrogens is 296 g/mol. The lowest BCUT2D eigenvalue weighted by atomic mass is 9.83. The third-order valence-electron chi connectivity index (χ3n) is 5.55. The first-order valence-electron chi connectivity index (χ1n) is 8.69. The molecule has 2 fully saturated rings. The van der Waals surface area contributed by atoms with Gasteiger partial charge < -0.3 is 20.0 Å². The summed E-state index contributed by atoms with van der Waals surface area (Å²) in [6.45, 7) is 8.87. The van der Waals surface area contributed by atoms with Crippen molar-refractivity contribution >= 4 is 11.8 Å². The molecule has 0 aromatic heterocycles. The van der Waals surface area contributed by atoms with Crippen LogP contribution in [-0.4, -0.2) is 70.7 Å². The highest BCUT2D eigenvalue weighted by Gasteiger charge is 2.36. The maximum absolute atomic E-state index is 12.1. The lowest BCUT2D eigenvalue weighted by Crippen LogP contribution is -2.55. The predicted molar refractivity (Wildman–Crippen MR) is 86.5 cm³/mol. The molecule has 6 nitrogen and oxygen atoms in total. The zero-order valence-corrected chi connectivity index (χ0v) is 14.4. The van der Waals surface area contributed by atoms with Gasteiger partial charge >= 0.3 is 0 Å². The van der Waals surface area contributed by atoms with Crippen LogP contribution in [0.3, 0.4) is 0 Å². The maximum atomic E-state index is 12.1. The van der Waals surface area contributed by atoms with E-state index in [2.05, 4.69) is 20.8 Å². The molecule has 0 aromatic rings. The number of amides is 2. The number of rotatable bonds is 7. The Morgan fingerprint density at radius 1 is 1.00 bits per heavy atom. The number of aliphatic hydroxyl groups excluding tert-OH is 2. The number of hydrogen-bond donors (Lipinski definition) is 2. The minimum absolute atomic E-state index is 0.139. The van der Waals surface area contributed by atoms with E-state index in [1.165, 1.54) is 0 Å². The molecule has 2 amide bonds.